The highest BCUT2D eigenvalue weighted by atomic mass is 19.4. The number of ether oxygens (including phenoxy) is 1. The van der Waals surface area contributed by atoms with Gasteiger partial charge in [-0.2, -0.15) is 13.2 Å². The first kappa shape index (κ1) is 24.6. The summed E-state index contributed by atoms with van der Waals surface area (Å²) in [5, 5.41) is 2.78. The standard InChI is InChI=1S/C24H27F3N4O4/c1-23(2,3)35-22(33)30-10-8-15(9-11-30)20(32)29-21-28-18-13-16(24(25,26)27)6-7-19(18)31(21)14-17-5-4-12-34-17/h4-7,12-13,15H,8-11,14H2,1-3H3,(H,28,29,32). The van der Waals surface area contributed by atoms with Crippen LogP contribution in [0.5, 0.6) is 0 Å². The Balaban J connectivity index is 1.52. The van der Waals surface area contributed by atoms with Crippen LogP contribution in [-0.4, -0.2) is 45.1 Å². The molecule has 3 aromatic rings. The lowest BCUT2D eigenvalue weighted by Crippen LogP contribution is -2.43. The average Bonchev–Trinajstić information content (AvgIpc) is 3.40. The number of aromatic nitrogens is 2. The van der Waals surface area contributed by atoms with Crippen LogP contribution >= 0.6 is 0 Å². The maximum absolute atomic E-state index is 13.2. The minimum atomic E-state index is -4.51. The molecule has 4 rings (SSSR count). The fourth-order valence-corrected chi connectivity index (χ4v) is 3.98. The van der Waals surface area contributed by atoms with Gasteiger partial charge in [0.2, 0.25) is 11.9 Å². The van der Waals surface area contributed by atoms with Crippen molar-refractivity contribution in [3.05, 3.63) is 47.9 Å². The molecule has 1 aromatic carbocycles. The van der Waals surface area contributed by atoms with E-state index in [1.165, 1.54) is 12.3 Å². The summed E-state index contributed by atoms with van der Waals surface area (Å²) in [6.45, 7) is 6.28. The monoisotopic (exact) mass is 492 g/mol. The Kier molecular flexibility index (Phi) is 6.52. The maximum Gasteiger partial charge on any atom is 0.416 e. The van der Waals surface area contributed by atoms with Crippen molar-refractivity contribution in [2.24, 2.45) is 5.92 Å². The molecule has 1 aliphatic rings. The molecule has 0 bridgehead atoms. The molecule has 2 aromatic heterocycles. The summed E-state index contributed by atoms with van der Waals surface area (Å²) in [5.74, 6) is 0.0119. The number of hydrogen-bond acceptors (Lipinski definition) is 5. The molecule has 1 N–H and O–H groups in total. The molecule has 11 heteroatoms. The van der Waals surface area contributed by atoms with Crippen LogP contribution in [0.25, 0.3) is 11.0 Å². The Morgan fingerprint density at radius 2 is 1.89 bits per heavy atom. The molecule has 188 valence electrons. The van der Waals surface area contributed by atoms with Crippen LogP contribution in [0.15, 0.2) is 41.0 Å². The third kappa shape index (κ3) is 5.77. The summed E-state index contributed by atoms with van der Waals surface area (Å²) in [4.78, 5) is 31.2. The van der Waals surface area contributed by atoms with Crippen LogP contribution in [0.2, 0.25) is 0 Å². The van der Waals surface area contributed by atoms with Crippen molar-refractivity contribution in [2.45, 2.75) is 51.9 Å². The number of amides is 2. The summed E-state index contributed by atoms with van der Waals surface area (Å²) >= 11 is 0. The Labute approximate surface area is 200 Å². The van der Waals surface area contributed by atoms with Crippen LogP contribution < -0.4 is 5.32 Å². The van der Waals surface area contributed by atoms with E-state index in [0.717, 1.165) is 12.1 Å². The minimum Gasteiger partial charge on any atom is -0.467 e. The summed E-state index contributed by atoms with van der Waals surface area (Å²) in [7, 11) is 0. The average molecular weight is 492 g/mol. The van der Waals surface area contributed by atoms with E-state index in [4.69, 9.17) is 9.15 Å². The normalized spacial score (nSPS) is 15.4. The molecular weight excluding hydrogens is 465 g/mol. The van der Waals surface area contributed by atoms with E-state index in [1.807, 2.05) is 0 Å². The Morgan fingerprint density at radius 1 is 1.17 bits per heavy atom. The summed E-state index contributed by atoms with van der Waals surface area (Å²) in [5.41, 5.74) is -0.879. The number of nitrogens with zero attached hydrogens (tertiary/aromatic N) is 3. The molecule has 1 fully saturated rings. The van der Waals surface area contributed by atoms with Crippen molar-refractivity contribution in [1.82, 2.24) is 14.5 Å². The Hall–Kier alpha value is -3.50. The number of anilines is 1. The summed E-state index contributed by atoms with van der Waals surface area (Å²) in [6.07, 6.45) is -2.57. The molecule has 0 atom stereocenters. The van der Waals surface area contributed by atoms with Gasteiger partial charge in [-0.3, -0.25) is 10.1 Å². The van der Waals surface area contributed by atoms with E-state index in [-0.39, 0.29) is 29.8 Å². The van der Waals surface area contributed by atoms with Gasteiger partial charge in [-0.05, 0) is 63.9 Å². The molecule has 8 nitrogen and oxygen atoms in total. The highest BCUT2D eigenvalue weighted by Gasteiger charge is 2.32. The van der Waals surface area contributed by atoms with E-state index in [2.05, 4.69) is 10.3 Å². The highest BCUT2D eigenvalue weighted by molar-refractivity contribution is 5.93. The van der Waals surface area contributed by atoms with Gasteiger partial charge in [-0.15, -0.1) is 0 Å². The lowest BCUT2D eigenvalue weighted by Gasteiger charge is -2.32. The van der Waals surface area contributed by atoms with Crippen molar-refractivity contribution < 1.29 is 31.9 Å². The van der Waals surface area contributed by atoms with Crippen molar-refractivity contribution in [3.63, 3.8) is 0 Å². The van der Waals surface area contributed by atoms with Crippen molar-refractivity contribution >= 4 is 29.0 Å². The molecule has 0 saturated carbocycles. The number of rotatable bonds is 4. The number of hydrogen-bond donors (Lipinski definition) is 1. The number of benzene rings is 1. The predicted octanol–water partition coefficient (Wildman–Crippen LogP) is 5.28. The van der Waals surface area contributed by atoms with Gasteiger partial charge < -0.3 is 18.6 Å². The summed E-state index contributed by atoms with van der Waals surface area (Å²) < 4.78 is 52.0. The number of carbonyl (C=O) groups excluding carboxylic acids is 2. The van der Waals surface area contributed by atoms with Gasteiger partial charge >= 0.3 is 12.3 Å². The zero-order valence-corrected chi connectivity index (χ0v) is 19.7. The number of nitrogens with one attached hydrogen (secondary N) is 1. The number of imidazole rings is 1. The van der Waals surface area contributed by atoms with E-state index < -0.39 is 23.4 Å². The molecular formula is C24H27F3N4O4. The second kappa shape index (κ2) is 9.27. The number of likely N-dealkylation sites (tertiary alicyclic amines) is 1. The third-order valence-corrected chi connectivity index (χ3v) is 5.72. The van der Waals surface area contributed by atoms with Gasteiger partial charge in [0.25, 0.3) is 0 Å². The zero-order chi connectivity index (χ0) is 25.4. The van der Waals surface area contributed by atoms with Gasteiger partial charge in [0.1, 0.15) is 11.4 Å². The number of piperidine rings is 1. The molecule has 0 unspecified atom stereocenters. The zero-order valence-electron chi connectivity index (χ0n) is 19.7. The maximum atomic E-state index is 13.2. The third-order valence-electron chi connectivity index (χ3n) is 5.72. The topological polar surface area (TPSA) is 89.6 Å². The number of alkyl halides is 3. The van der Waals surface area contributed by atoms with Crippen molar-refractivity contribution in [3.8, 4) is 0 Å². The molecule has 0 spiro atoms. The van der Waals surface area contributed by atoms with E-state index >= 15 is 0 Å². The smallest absolute Gasteiger partial charge is 0.416 e. The van der Waals surface area contributed by atoms with E-state index in [0.29, 0.717) is 37.2 Å². The van der Waals surface area contributed by atoms with Gasteiger partial charge in [-0.25, -0.2) is 9.78 Å². The van der Waals surface area contributed by atoms with Gasteiger partial charge in [0, 0.05) is 19.0 Å². The van der Waals surface area contributed by atoms with Crippen LogP contribution in [0.1, 0.15) is 44.9 Å². The van der Waals surface area contributed by atoms with Crippen molar-refractivity contribution in [1.29, 1.82) is 0 Å². The summed E-state index contributed by atoms with van der Waals surface area (Å²) in [6, 6.07) is 6.72. The first-order valence-corrected chi connectivity index (χ1v) is 11.3. The molecule has 1 aliphatic heterocycles. The predicted molar refractivity (Wildman–Crippen MR) is 122 cm³/mol. The van der Waals surface area contributed by atoms with Crippen LogP contribution in [0.4, 0.5) is 23.9 Å². The second-order valence-electron chi connectivity index (χ2n) is 9.53. The number of halogens is 3. The lowest BCUT2D eigenvalue weighted by molar-refractivity contribution is -0.137. The fraction of sp³-hybridized carbons (Fsp3) is 0.458. The van der Waals surface area contributed by atoms with Gasteiger partial charge in [-0.1, -0.05) is 0 Å². The van der Waals surface area contributed by atoms with Crippen LogP contribution in [-0.2, 0) is 22.3 Å². The Bertz CT molecular complexity index is 1200. The number of carbonyl (C=O) groups is 2. The molecule has 0 radical (unpaired) electrons. The largest absolute Gasteiger partial charge is 0.467 e. The van der Waals surface area contributed by atoms with Gasteiger partial charge in [0.15, 0.2) is 0 Å². The molecule has 0 aliphatic carbocycles. The first-order chi connectivity index (χ1) is 16.4. The van der Waals surface area contributed by atoms with Crippen LogP contribution in [0.3, 0.4) is 0 Å². The highest BCUT2D eigenvalue weighted by Crippen LogP contribution is 2.33. The van der Waals surface area contributed by atoms with E-state index in [9.17, 15) is 22.8 Å². The Morgan fingerprint density at radius 3 is 2.49 bits per heavy atom. The van der Waals surface area contributed by atoms with Gasteiger partial charge in [0.05, 0.1) is 29.4 Å². The SMILES string of the molecule is CC(C)(C)OC(=O)N1CCC(C(=O)Nc2nc3cc(C(F)(F)F)ccc3n2Cc2ccco2)CC1. The minimum absolute atomic E-state index is 0.112. The van der Waals surface area contributed by atoms with Crippen molar-refractivity contribution in [2.75, 3.05) is 18.4 Å². The molecule has 2 amide bonds. The lowest BCUT2D eigenvalue weighted by atomic mass is 9.96. The quantitative estimate of drug-likeness (QED) is 0.535. The molecule has 3 heterocycles. The van der Waals surface area contributed by atoms with E-state index in [1.54, 1.807) is 42.4 Å². The first-order valence-electron chi connectivity index (χ1n) is 11.3. The van der Waals surface area contributed by atoms with Crippen LogP contribution in [0, 0.1) is 5.92 Å². The molecule has 1 saturated heterocycles. The fourth-order valence-electron chi connectivity index (χ4n) is 3.98. The molecule has 35 heavy (non-hydrogen) atoms. The second-order valence-corrected chi connectivity index (χ2v) is 9.53. The number of furan rings is 1. The number of fused-ring (bicyclic) bond motifs is 1.